The Morgan fingerprint density at radius 1 is 1.17 bits per heavy atom. The Morgan fingerprint density at radius 3 is 2.58 bits per heavy atom. The number of para-hydroxylation sites is 1. The average Bonchev–Trinajstić information content (AvgIpc) is 2.63. The van der Waals surface area contributed by atoms with E-state index in [9.17, 15) is 0 Å². The smallest absolute Gasteiger partial charge is 0.193 e. The van der Waals surface area contributed by atoms with Crippen molar-refractivity contribution in [2.45, 2.75) is 18.9 Å². The SMILES string of the molecule is CN=C(NCCOCCOC)N1CCC(Oc2ccccc2)CC1. The summed E-state index contributed by atoms with van der Waals surface area (Å²) in [5, 5.41) is 3.35. The van der Waals surface area contributed by atoms with Gasteiger partial charge in [-0.2, -0.15) is 0 Å². The van der Waals surface area contributed by atoms with E-state index in [0.717, 1.165) is 44.2 Å². The number of guanidine groups is 1. The molecule has 6 nitrogen and oxygen atoms in total. The van der Waals surface area contributed by atoms with E-state index in [1.807, 2.05) is 37.4 Å². The van der Waals surface area contributed by atoms with Crippen LogP contribution in [-0.2, 0) is 9.47 Å². The van der Waals surface area contributed by atoms with Crippen LogP contribution in [0.25, 0.3) is 0 Å². The van der Waals surface area contributed by atoms with Crippen LogP contribution >= 0.6 is 0 Å². The second kappa shape index (κ2) is 10.9. The molecule has 1 aromatic carbocycles. The number of nitrogens with zero attached hydrogens (tertiary/aromatic N) is 2. The Labute approximate surface area is 144 Å². The molecule has 1 aromatic rings. The normalized spacial score (nSPS) is 16.2. The molecule has 134 valence electrons. The summed E-state index contributed by atoms with van der Waals surface area (Å²) >= 11 is 0. The van der Waals surface area contributed by atoms with Gasteiger partial charge in [-0.1, -0.05) is 18.2 Å². The minimum Gasteiger partial charge on any atom is -0.490 e. The molecule has 0 bridgehead atoms. The first-order chi connectivity index (χ1) is 11.8. The number of aliphatic imine (C=N–C) groups is 1. The molecule has 0 aromatic heterocycles. The lowest BCUT2D eigenvalue weighted by Crippen LogP contribution is -2.48. The van der Waals surface area contributed by atoms with Crippen molar-refractivity contribution < 1.29 is 14.2 Å². The van der Waals surface area contributed by atoms with Crippen molar-refractivity contribution in [3.05, 3.63) is 30.3 Å². The third-order valence-corrected chi connectivity index (χ3v) is 3.96. The molecule has 1 fully saturated rings. The van der Waals surface area contributed by atoms with Crippen LogP contribution in [0.4, 0.5) is 0 Å². The van der Waals surface area contributed by atoms with Gasteiger partial charge in [-0.25, -0.2) is 0 Å². The van der Waals surface area contributed by atoms with E-state index in [0.29, 0.717) is 19.8 Å². The predicted octanol–water partition coefficient (Wildman–Crippen LogP) is 1.77. The maximum absolute atomic E-state index is 6.03. The Hall–Kier alpha value is -1.79. The molecule has 0 aliphatic carbocycles. The molecule has 0 spiro atoms. The van der Waals surface area contributed by atoms with Crippen molar-refractivity contribution in [3.8, 4) is 5.75 Å². The summed E-state index contributed by atoms with van der Waals surface area (Å²) in [5.74, 6) is 1.88. The zero-order chi connectivity index (χ0) is 17.0. The van der Waals surface area contributed by atoms with E-state index >= 15 is 0 Å². The largest absolute Gasteiger partial charge is 0.490 e. The second-order valence-electron chi connectivity index (χ2n) is 5.70. The minimum absolute atomic E-state index is 0.277. The van der Waals surface area contributed by atoms with Crippen LogP contribution in [0.2, 0.25) is 0 Å². The van der Waals surface area contributed by atoms with Crippen LogP contribution in [0.3, 0.4) is 0 Å². The van der Waals surface area contributed by atoms with Crippen molar-refractivity contribution in [3.63, 3.8) is 0 Å². The number of nitrogens with one attached hydrogen (secondary N) is 1. The summed E-state index contributed by atoms with van der Waals surface area (Å²) in [6.07, 6.45) is 2.28. The van der Waals surface area contributed by atoms with Crippen LogP contribution in [0.15, 0.2) is 35.3 Å². The second-order valence-corrected chi connectivity index (χ2v) is 5.70. The van der Waals surface area contributed by atoms with E-state index in [2.05, 4.69) is 15.2 Å². The molecule has 2 rings (SSSR count). The highest BCUT2D eigenvalue weighted by Crippen LogP contribution is 2.18. The number of piperidine rings is 1. The first kappa shape index (κ1) is 18.5. The Kier molecular flexibility index (Phi) is 8.41. The van der Waals surface area contributed by atoms with Crippen molar-refractivity contribution in [1.29, 1.82) is 0 Å². The number of hydrogen-bond donors (Lipinski definition) is 1. The molecular weight excluding hydrogens is 306 g/mol. The summed E-state index contributed by atoms with van der Waals surface area (Å²) in [6, 6.07) is 10.0. The number of likely N-dealkylation sites (tertiary alicyclic amines) is 1. The zero-order valence-electron chi connectivity index (χ0n) is 14.7. The molecular formula is C18H29N3O3. The van der Waals surface area contributed by atoms with Crippen molar-refractivity contribution in [2.75, 3.05) is 53.6 Å². The van der Waals surface area contributed by atoms with Gasteiger partial charge in [0.05, 0.1) is 19.8 Å². The van der Waals surface area contributed by atoms with E-state index in [1.54, 1.807) is 7.11 Å². The molecule has 1 aliphatic heterocycles. The number of benzene rings is 1. The first-order valence-corrected chi connectivity index (χ1v) is 8.57. The molecule has 6 heteroatoms. The fourth-order valence-corrected chi connectivity index (χ4v) is 2.69. The predicted molar refractivity (Wildman–Crippen MR) is 95.7 cm³/mol. The molecule has 0 saturated carbocycles. The average molecular weight is 335 g/mol. The van der Waals surface area contributed by atoms with Crippen LogP contribution in [-0.4, -0.2) is 70.6 Å². The Morgan fingerprint density at radius 2 is 1.92 bits per heavy atom. The summed E-state index contributed by atoms with van der Waals surface area (Å²) in [4.78, 5) is 6.64. The van der Waals surface area contributed by atoms with Crippen molar-refractivity contribution in [2.24, 2.45) is 4.99 Å². The summed E-state index contributed by atoms with van der Waals surface area (Å²) < 4.78 is 16.4. The summed E-state index contributed by atoms with van der Waals surface area (Å²) in [5.41, 5.74) is 0. The van der Waals surface area contributed by atoms with Gasteiger partial charge in [-0.05, 0) is 12.1 Å². The quantitative estimate of drug-likeness (QED) is 0.446. The molecule has 0 radical (unpaired) electrons. The molecule has 1 aliphatic rings. The van der Waals surface area contributed by atoms with E-state index in [1.165, 1.54) is 0 Å². The van der Waals surface area contributed by atoms with E-state index in [4.69, 9.17) is 14.2 Å². The highest BCUT2D eigenvalue weighted by molar-refractivity contribution is 5.79. The Bertz CT molecular complexity index is 474. The van der Waals surface area contributed by atoms with Gasteiger partial charge in [0.25, 0.3) is 0 Å². The van der Waals surface area contributed by atoms with Gasteiger partial charge >= 0.3 is 0 Å². The van der Waals surface area contributed by atoms with Crippen LogP contribution in [0.5, 0.6) is 5.75 Å². The topological polar surface area (TPSA) is 55.3 Å². The highest BCUT2D eigenvalue weighted by Gasteiger charge is 2.22. The van der Waals surface area contributed by atoms with Gasteiger partial charge in [-0.15, -0.1) is 0 Å². The van der Waals surface area contributed by atoms with Gasteiger partial charge in [0.2, 0.25) is 0 Å². The maximum Gasteiger partial charge on any atom is 0.193 e. The molecule has 1 saturated heterocycles. The van der Waals surface area contributed by atoms with Gasteiger partial charge < -0.3 is 24.4 Å². The summed E-state index contributed by atoms with van der Waals surface area (Å²) in [6.45, 7) is 4.54. The fraction of sp³-hybridized carbons (Fsp3) is 0.611. The third kappa shape index (κ3) is 6.37. The van der Waals surface area contributed by atoms with Gasteiger partial charge in [0, 0.05) is 46.6 Å². The Balaban J connectivity index is 1.66. The van der Waals surface area contributed by atoms with Crippen molar-refractivity contribution >= 4 is 5.96 Å². The number of hydrogen-bond acceptors (Lipinski definition) is 4. The molecule has 24 heavy (non-hydrogen) atoms. The van der Waals surface area contributed by atoms with Crippen molar-refractivity contribution in [1.82, 2.24) is 10.2 Å². The number of ether oxygens (including phenoxy) is 3. The lowest BCUT2D eigenvalue weighted by molar-refractivity contribution is 0.0728. The lowest BCUT2D eigenvalue weighted by atomic mass is 10.1. The summed E-state index contributed by atoms with van der Waals surface area (Å²) in [7, 11) is 3.50. The zero-order valence-corrected chi connectivity index (χ0v) is 14.7. The van der Waals surface area contributed by atoms with Crippen LogP contribution in [0.1, 0.15) is 12.8 Å². The highest BCUT2D eigenvalue weighted by atomic mass is 16.5. The lowest BCUT2D eigenvalue weighted by Gasteiger charge is -2.34. The molecule has 0 unspecified atom stereocenters. The fourth-order valence-electron chi connectivity index (χ4n) is 2.69. The molecule has 1 N–H and O–H groups in total. The van der Waals surface area contributed by atoms with E-state index < -0.39 is 0 Å². The van der Waals surface area contributed by atoms with Gasteiger partial charge in [0.1, 0.15) is 11.9 Å². The third-order valence-electron chi connectivity index (χ3n) is 3.96. The van der Waals surface area contributed by atoms with Gasteiger partial charge in [0.15, 0.2) is 5.96 Å². The van der Waals surface area contributed by atoms with Crippen LogP contribution in [0, 0.1) is 0 Å². The standard InChI is InChI=1S/C18H29N3O3/c1-19-18(20-10-13-23-15-14-22-2)21-11-8-17(9-12-21)24-16-6-4-3-5-7-16/h3-7,17H,8-15H2,1-2H3,(H,19,20). The molecule has 1 heterocycles. The molecule has 0 amide bonds. The molecule has 0 atom stereocenters. The number of methoxy groups -OCH3 is 1. The van der Waals surface area contributed by atoms with E-state index in [-0.39, 0.29) is 6.10 Å². The van der Waals surface area contributed by atoms with Crippen LogP contribution < -0.4 is 10.1 Å². The van der Waals surface area contributed by atoms with Gasteiger partial charge in [-0.3, -0.25) is 4.99 Å². The monoisotopic (exact) mass is 335 g/mol. The number of rotatable bonds is 8. The minimum atomic E-state index is 0.277. The maximum atomic E-state index is 6.03. The first-order valence-electron chi connectivity index (χ1n) is 8.57.